The summed E-state index contributed by atoms with van der Waals surface area (Å²) in [6.45, 7) is 2.07. The number of benzene rings is 1. The molecule has 4 N–H and O–H groups in total. The average molecular weight is 248 g/mol. The normalized spacial score (nSPS) is 12.1. The van der Waals surface area contributed by atoms with Crippen LogP contribution in [0.15, 0.2) is 24.3 Å². The summed E-state index contributed by atoms with van der Waals surface area (Å²) in [4.78, 5) is 22.7. The molecule has 1 aromatic rings. The van der Waals surface area contributed by atoms with Gasteiger partial charge in [0.1, 0.15) is 0 Å². The molecule has 1 aromatic carbocycles. The first-order valence-corrected chi connectivity index (χ1v) is 6.21. The smallest absolute Gasteiger partial charge is 0.221 e. The van der Waals surface area contributed by atoms with Crippen LogP contribution in [0.4, 0.5) is 0 Å². The Morgan fingerprint density at radius 1 is 1.22 bits per heavy atom. The third kappa shape index (κ3) is 4.30. The van der Waals surface area contributed by atoms with Crippen LogP contribution in [0.1, 0.15) is 42.1 Å². The molecule has 98 valence electrons. The number of rotatable bonds is 7. The number of Topliss-reactive ketones (excluding diaryl/α,β-unsaturated/α-hetero) is 1. The van der Waals surface area contributed by atoms with Gasteiger partial charge in [0.25, 0.3) is 0 Å². The second-order valence-corrected chi connectivity index (χ2v) is 4.45. The third-order valence-electron chi connectivity index (χ3n) is 2.82. The number of amides is 1. The zero-order chi connectivity index (χ0) is 13.5. The Bertz CT molecular complexity index is 412. The highest BCUT2D eigenvalue weighted by Gasteiger charge is 2.14. The molecule has 0 saturated heterocycles. The van der Waals surface area contributed by atoms with E-state index in [9.17, 15) is 9.59 Å². The van der Waals surface area contributed by atoms with Gasteiger partial charge < -0.3 is 11.5 Å². The molecule has 1 rings (SSSR count). The first kappa shape index (κ1) is 14.4. The molecule has 0 fully saturated rings. The Morgan fingerprint density at radius 2 is 1.83 bits per heavy atom. The Kier molecular flexibility index (Phi) is 5.52. The van der Waals surface area contributed by atoms with Gasteiger partial charge in [-0.05, 0) is 12.0 Å². The van der Waals surface area contributed by atoms with Crippen LogP contribution in [0.5, 0.6) is 0 Å². The Balaban J connectivity index is 2.66. The quantitative estimate of drug-likeness (QED) is 0.715. The van der Waals surface area contributed by atoms with Gasteiger partial charge in [-0.2, -0.15) is 0 Å². The monoisotopic (exact) mass is 248 g/mol. The molecular weight excluding hydrogens is 228 g/mol. The van der Waals surface area contributed by atoms with Gasteiger partial charge in [-0.1, -0.05) is 44.0 Å². The minimum Gasteiger partial charge on any atom is -0.369 e. The lowest BCUT2D eigenvalue weighted by atomic mass is 9.99. The van der Waals surface area contributed by atoms with E-state index in [1.165, 1.54) is 0 Å². The van der Waals surface area contributed by atoms with E-state index in [4.69, 9.17) is 11.5 Å². The van der Waals surface area contributed by atoms with Crippen LogP contribution in [0.3, 0.4) is 0 Å². The van der Waals surface area contributed by atoms with Crippen molar-refractivity contribution < 1.29 is 9.59 Å². The molecular formula is C14H20N2O2. The lowest BCUT2D eigenvalue weighted by molar-refractivity contribution is -0.117. The van der Waals surface area contributed by atoms with Crippen LogP contribution in [-0.2, 0) is 11.2 Å². The maximum atomic E-state index is 12.0. The maximum absolute atomic E-state index is 12.0. The summed E-state index contributed by atoms with van der Waals surface area (Å²) in [6, 6.07) is 6.44. The van der Waals surface area contributed by atoms with E-state index in [1.54, 1.807) is 24.3 Å². The number of primary amides is 1. The first-order chi connectivity index (χ1) is 8.54. The van der Waals surface area contributed by atoms with Crippen molar-refractivity contribution >= 4 is 11.7 Å². The van der Waals surface area contributed by atoms with Crippen molar-refractivity contribution in [2.75, 3.05) is 0 Å². The van der Waals surface area contributed by atoms with Gasteiger partial charge in [0.15, 0.2) is 5.78 Å². The Morgan fingerprint density at radius 3 is 2.33 bits per heavy atom. The fourth-order valence-corrected chi connectivity index (χ4v) is 1.76. The van der Waals surface area contributed by atoms with Gasteiger partial charge in [-0.25, -0.2) is 0 Å². The predicted molar refractivity (Wildman–Crippen MR) is 71.2 cm³/mol. The van der Waals surface area contributed by atoms with Crippen LogP contribution in [0, 0.1) is 0 Å². The van der Waals surface area contributed by atoms with E-state index >= 15 is 0 Å². The van der Waals surface area contributed by atoms with Crippen LogP contribution < -0.4 is 11.5 Å². The molecule has 4 nitrogen and oxygen atoms in total. The number of carbonyl (C=O) groups excluding carboxylic acids is 2. The van der Waals surface area contributed by atoms with Gasteiger partial charge in [0.05, 0.1) is 12.5 Å². The van der Waals surface area contributed by atoms with E-state index in [2.05, 4.69) is 6.92 Å². The molecule has 0 radical (unpaired) electrons. The third-order valence-corrected chi connectivity index (χ3v) is 2.82. The highest BCUT2D eigenvalue weighted by Crippen LogP contribution is 2.10. The van der Waals surface area contributed by atoms with Crippen molar-refractivity contribution in [1.82, 2.24) is 0 Å². The maximum Gasteiger partial charge on any atom is 0.221 e. The van der Waals surface area contributed by atoms with Crippen molar-refractivity contribution in [3.05, 3.63) is 35.4 Å². The predicted octanol–water partition coefficient (Wildman–Crippen LogP) is 1.41. The fourth-order valence-electron chi connectivity index (χ4n) is 1.76. The summed E-state index contributed by atoms with van der Waals surface area (Å²) in [5, 5.41) is 0. The van der Waals surface area contributed by atoms with Crippen molar-refractivity contribution in [1.29, 1.82) is 0 Å². The van der Waals surface area contributed by atoms with Crippen molar-refractivity contribution in [2.24, 2.45) is 11.5 Å². The molecule has 1 atom stereocenters. The molecule has 0 aliphatic rings. The fraction of sp³-hybridized carbons (Fsp3) is 0.429. The van der Waals surface area contributed by atoms with Crippen LogP contribution in [-0.4, -0.2) is 17.7 Å². The van der Waals surface area contributed by atoms with E-state index in [1.807, 2.05) is 0 Å². The number of hydrogen-bond acceptors (Lipinski definition) is 3. The average Bonchev–Trinajstić information content (AvgIpc) is 2.35. The van der Waals surface area contributed by atoms with Gasteiger partial charge in [-0.15, -0.1) is 0 Å². The minimum atomic E-state index is -0.438. The molecule has 0 heterocycles. The molecule has 18 heavy (non-hydrogen) atoms. The van der Waals surface area contributed by atoms with E-state index in [0.717, 1.165) is 18.4 Å². The standard InChI is InChI=1S/C14H20N2O2/c1-2-3-4-12(15)14(18)11-7-5-10(6-8-11)9-13(16)17/h5-8,12H,2-4,9,15H2,1H3,(H2,16,17). The highest BCUT2D eigenvalue weighted by molar-refractivity contribution is 6.00. The van der Waals surface area contributed by atoms with Crippen molar-refractivity contribution in [3.63, 3.8) is 0 Å². The second-order valence-electron chi connectivity index (χ2n) is 4.45. The van der Waals surface area contributed by atoms with E-state index < -0.39 is 6.04 Å². The number of nitrogens with two attached hydrogens (primary N) is 2. The zero-order valence-electron chi connectivity index (χ0n) is 10.7. The molecule has 1 amide bonds. The largest absolute Gasteiger partial charge is 0.369 e. The van der Waals surface area contributed by atoms with E-state index in [-0.39, 0.29) is 18.1 Å². The first-order valence-electron chi connectivity index (χ1n) is 6.21. The summed E-state index contributed by atoms with van der Waals surface area (Å²) < 4.78 is 0. The number of carbonyl (C=O) groups is 2. The Hall–Kier alpha value is -1.68. The lowest BCUT2D eigenvalue weighted by Crippen LogP contribution is -2.30. The van der Waals surface area contributed by atoms with Crippen LogP contribution in [0.25, 0.3) is 0 Å². The SMILES string of the molecule is CCCCC(N)C(=O)c1ccc(CC(N)=O)cc1. The van der Waals surface area contributed by atoms with Gasteiger partial charge in [0, 0.05) is 5.56 Å². The topological polar surface area (TPSA) is 86.2 Å². The number of ketones is 1. The van der Waals surface area contributed by atoms with Crippen LogP contribution >= 0.6 is 0 Å². The zero-order valence-corrected chi connectivity index (χ0v) is 10.7. The van der Waals surface area contributed by atoms with Crippen LogP contribution in [0.2, 0.25) is 0 Å². The van der Waals surface area contributed by atoms with Crippen molar-refractivity contribution in [2.45, 2.75) is 38.6 Å². The molecule has 0 aliphatic carbocycles. The highest BCUT2D eigenvalue weighted by atomic mass is 16.1. The number of unbranched alkanes of at least 4 members (excludes halogenated alkanes) is 1. The number of hydrogen-bond donors (Lipinski definition) is 2. The lowest BCUT2D eigenvalue weighted by Gasteiger charge is -2.10. The summed E-state index contributed by atoms with van der Waals surface area (Å²) in [5.74, 6) is -0.428. The van der Waals surface area contributed by atoms with Gasteiger partial charge in [0.2, 0.25) is 5.91 Å². The van der Waals surface area contributed by atoms with E-state index in [0.29, 0.717) is 12.0 Å². The molecule has 4 heteroatoms. The molecule has 0 aromatic heterocycles. The molecule has 0 bridgehead atoms. The molecule has 0 saturated carbocycles. The van der Waals surface area contributed by atoms with Gasteiger partial charge in [-0.3, -0.25) is 9.59 Å². The summed E-state index contributed by atoms with van der Waals surface area (Å²) >= 11 is 0. The second kappa shape index (κ2) is 6.91. The molecule has 0 spiro atoms. The molecule has 0 aliphatic heterocycles. The summed E-state index contributed by atoms with van der Waals surface area (Å²) in [5.41, 5.74) is 12.3. The molecule has 1 unspecified atom stereocenters. The Labute approximate surface area is 107 Å². The van der Waals surface area contributed by atoms with Crippen molar-refractivity contribution in [3.8, 4) is 0 Å². The minimum absolute atomic E-state index is 0.0472. The van der Waals surface area contributed by atoms with Gasteiger partial charge >= 0.3 is 0 Å². The summed E-state index contributed by atoms with van der Waals surface area (Å²) in [7, 11) is 0. The summed E-state index contributed by atoms with van der Waals surface area (Å²) in [6.07, 6.45) is 2.87.